The summed E-state index contributed by atoms with van der Waals surface area (Å²) in [7, 11) is 0. The van der Waals surface area contributed by atoms with Crippen LogP contribution in [0.5, 0.6) is 0 Å². The highest BCUT2D eigenvalue weighted by Gasteiger charge is 2.33. The van der Waals surface area contributed by atoms with E-state index in [4.69, 9.17) is 0 Å². The van der Waals surface area contributed by atoms with Gasteiger partial charge in [-0.1, -0.05) is 6.07 Å². The number of thiophene rings is 1. The van der Waals surface area contributed by atoms with E-state index < -0.39 is 0 Å². The second-order valence-electron chi connectivity index (χ2n) is 4.27. The molecule has 82 valence electrons. The summed E-state index contributed by atoms with van der Waals surface area (Å²) in [6.07, 6.45) is 2.51. The molecule has 1 aliphatic carbocycles. The Labute approximate surface area is 94.9 Å². The van der Waals surface area contributed by atoms with Crippen molar-refractivity contribution in [2.45, 2.75) is 45.3 Å². The molecule has 1 heterocycles. The number of nitrogens with zero attached hydrogens (tertiary/aromatic N) is 1. The standard InChI is InChI=1S/C12H17NOS/c1-9(10(2)14)13(11-5-6-11)8-12-4-3-7-15-12/h3-4,7,9,11H,5-6,8H2,1-2H3. The van der Waals surface area contributed by atoms with Gasteiger partial charge in [0.25, 0.3) is 0 Å². The van der Waals surface area contributed by atoms with Gasteiger partial charge in [0.2, 0.25) is 0 Å². The number of carbonyl (C=O) groups excluding carboxylic acids is 1. The molecule has 1 aliphatic rings. The van der Waals surface area contributed by atoms with Gasteiger partial charge >= 0.3 is 0 Å². The van der Waals surface area contributed by atoms with Crippen LogP contribution in [0.2, 0.25) is 0 Å². The molecule has 0 radical (unpaired) electrons. The number of Topliss-reactive ketones (excluding diaryl/α,β-unsaturated/α-hetero) is 1. The van der Waals surface area contributed by atoms with E-state index in [1.54, 1.807) is 18.3 Å². The lowest BCUT2D eigenvalue weighted by atomic mass is 10.2. The van der Waals surface area contributed by atoms with E-state index in [9.17, 15) is 4.79 Å². The van der Waals surface area contributed by atoms with Crippen LogP contribution in [0.25, 0.3) is 0 Å². The monoisotopic (exact) mass is 223 g/mol. The van der Waals surface area contributed by atoms with E-state index in [-0.39, 0.29) is 11.8 Å². The zero-order valence-corrected chi connectivity index (χ0v) is 10.1. The van der Waals surface area contributed by atoms with Crippen molar-refractivity contribution in [3.05, 3.63) is 22.4 Å². The van der Waals surface area contributed by atoms with Crippen molar-refractivity contribution in [2.75, 3.05) is 0 Å². The lowest BCUT2D eigenvalue weighted by Gasteiger charge is -2.26. The summed E-state index contributed by atoms with van der Waals surface area (Å²) < 4.78 is 0. The average Bonchev–Trinajstić information content (AvgIpc) is 2.92. The highest BCUT2D eigenvalue weighted by molar-refractivity contribution is 7.09. The Morgan fingerprint density at radius 1 is 1.67 bits per heavy atom. The summed E-state index contributed by atoms with van der Waals surface area (Å²) in [4.78, 5) is 15.1. The first-order chi connectivity index (χ1) is 7.18. The topological polar surface area (TPSA) is 20.3 Å². The predicted molar refractivity (Wildman–Crippen MR) is 63.0 cm³/mol. The van der Waals surface area contributed by atoms with Gasteiger partial charge in [-0.15, -0.1) is 11.3 Å². The summed E-state index contributed by atoms with van der Waals surface area (Å²) in [6, 6.07) is 4.93. The van der Waals surface area contributed by atoms with Crippen LogP contribution in [-0.2, 0) is 11.3 Å². The van der Waals surface area contributed by atoms with Crippen molar-refractivity contribution in [3.63, 3.8) is 0 Å². The minimum atomic E-state index is 0.0691. The summed E-state index contributed by atoms with van der Waals surface area (Å²) in [5.74, 6) is 0.276. The van der Waals surface area contributed by atoms with Gasteiger partial charge < -0.3 is 0 Å². The Balaban J connectivity index is 2.03. The van der Waals surface area contributed by atoms with E-state index in [1.165, 1.54) is 17.7 Å². The fraction of sp³-hybridized carbons (Fsp3) is 0.583. The Morgan fingerprint density at radius 3 is 2.87 bits per heavy atom. The predicted octanol–water partition coefficient (Wildman–Crippen LogP) is 2.69. The Hall–Kier alpha value is -0.670. The first kappa shape index (κ1) is 10.8. The van der Waals surface area contributed by atoms with Gasteiger partial charge in [-0.3, -0.25) is 9.69 Å². The SMILES string of the molecule is CC(=O)C(C)N(Cc1cccs1)C1CC1. The maximum atomic E-state index is 11.4. The van der Waals surface area contributed by atoms with E-state index >= 15 is 0 Å². The molecule has 1 unspecified atom stereocenters. The fourth-order valence-electron chi connectivity index (χ4n) is 1.80. The minimum absolute atomic E-state index is 0.0691. The molecule has 3 heteroatoms. The molecule has 1 aromatic rings. The smallest absolute Gasteiger partial charge is 0.146 e. The van der Waals surface area contributed by atoms with E-state index in [0.717, 1.165) is 6.54 Å². The van der Waals surface area contributed by atoms with E-state index in [0.29, 0.717) is 6.04 Å². The summed E-state index contributed by atoms with van der Waals surface area (Å²) >= 11 is 1.77. The molecule has 0 amide bonds. The van der Waals surface area contributed by atoms with Crippen LogP contribution in [-0.4, -0.2) is 22.8 Å². The molecule has 1 aromatic heterocycles. The average molecular weight is 223 g/mol. The zero-order valence-electron chi connectivity index (χ0n) is 9.27. The van der Waals surface area contributed by atoms with Crippen molar-refractivity contribution < 1.29 is 4.79 Å². The molecule has 2 nitrogen and oxygen atoms in total. The van der Waals surface area contributed by atoms with Crippen molar-refractivity contribution in [2.24, 2.45) is 0 Å². The van der Waals surface area contributed by atoms with Crippen LogP contribution in [0, 0.1) is 0 Å². The van der Waals surface area contributed by atoms with Crippen molar-refractivity contribution in [1.29, 1.82) is 0 Å². The molecular formula is C12H17NOS. The van der Waals surface area contributed by atoms with Crippen molar-refractivity contribution in [3.8, 4) is 0 Å². The molecule has 0 bridgehead atoms. The third-order valence-corrected chi connectivity index (χ3v) is 3.88. The molecule has 15 heavy (non-hydrogen) atoms. The molecule has 0 spiro atoms. The molecule has 2 rings (SSSR count). The van der Waals surface area contributed by atoms with Crippen LogP contribution in [0.1, 0.15) is 31.6 Å². The number of carbonyl (C=O) groups is 1. The first-order valence-electron chi connectivity index (χ1n) is 5.47. The Kier molecular flexibility index (Phi) is 3.22. The highest BCUT2D eigenvalue weighted by atomic mass is 32.1. The van der Waals surface area contributed by atoms with Crippen LogP contribution in [0.15, 0.2) is 17.5 Å². The Morgan fingerprint density at radius 2 is 2.40 bits per heavy atom. The molecule has 1 atom stereocenters. The number of hydrogen-bond acceptors (Lipinski definition) is 3. The first-order valence-corrected chi connectivity index (χ1v) is 6.35. The van der Waals surface area contributed by atoms with Crippen LogP contribution in [0.3, 0.4) is 0 Å². The van der Waals surface area contributed by atoms with Gasteiger partial charge in [-0.05, 0) is 38.1 Å². The summed E-state index contributed by atoms with van der Waals surface area (Å²) in [6.45, 7) is 4.64. The van der Waals surface area contributed by atoms with Gasteiger partial charge in [-0.2, -0.15) is 0 Å². The van der Waals surface area contributed by atoms with Gasteiger partial charge in [0.1, 0.15) is 5.78 Å². The lowest BCUT2D eigenvalue weighted by molar-refractivity contribution is -0.122. The van der Waals surface area contributed by atoms with Crippen LogP contribution in [0.4, 0.5) is 0 Å². The summed E-state index contributed by atoms with van der Waals surface area (Å²) in [5, 5.41) is 2.10. The molecular weight excluding hydrogens is 206 g/mol. The third-order valence-electron chi connectivity index (χ3n) is 3.02. The second-order valence-corrected chi connectivity index (χ2v) is 5.30. The number of rotatable bonds is 5. The van der Waals surface area contributed by atoms with E-state index in [1.807, 2.05) is 6.92 Å². The maximum Gasteiger partial charge on any atom is 0.146 e. The zero-order chi connectivity index (χ0) is 10.8. The second kappa shape index (κ2) is 4.45. The van der Waals surface area contributed by atoms with Gasteiger partial charge in [-0.25, -0.2) is 0 Å². The van der Waals surface area contributed by atoms with Gasteiger partial charge in [0.05, 0.1) is 6.04 Å². The normalized spacial score (nSPS) is 18.1. The summed E-state index contributed by atoms with van der Waals surface area (Å²) in [5.41, 5.74) is 0. The van der Waals surface area contributed by atoms with Gasteiger partial charge in [0.15, 0.2) is 0 Å². The third kappa shape index (κ3) is 2.67. The van der Waals surface area contributed by atoms with Gasteiger partial charge in [0, 0.05) is 17.5 Å². The molecule has 0 N–H and O–H groups in total. The number of ketones is 1. The fourth-order valence-corrected chi connectivity index (χ4v) is 2.52. The van der Waals surface area contributed by atoms with Crippen molar-refractivity contribution in [1.82, 2.24) is 4.90 Å². The minimum Gasteiger partial charge on any atom is -0.298 e. The lowest BCUT2D eigenvalue weighted by Crippen LogP contribution is -2.38. The molecule has 1 fully saturated rings. The van der Waals surface area contributed by atoms with Crippen LogP contribution >= 0.6 is 11.3 Å². The quantitative estimate of drug-likeness (QED) is 0.765. The van der Waals surface area contributed by atoms with Crippen molar-refractivity contribution >= 4 is 17.1 Å². The molecule has 0 aliphatic heterocycles. The largest absolute Gasteiger partial charge is 0.298 e. The maximum absolute atomic E-state index is 11.4. The molecule has 0 aromatic carbocycles. The molecule has 1 saturated carbocycles. The van der Waals surface area contributed by atoms with Crippen LogP contribution < -0.4 is 0 Å². The highest BCUT2D eigenvalue weighted by Crippen LogP contribution is 2.31. The van der Waals surface area contributed by atoms with E-state index in [2.05, 4.69) is 22.4 Å². The Bertz CT molecular complexity index is 329. The molecule has 0 saturated heterocycles. The number of hydrogen-bond donors (Lipinski definition) is 0.